The summed E-state index contributed by atoms with van der Waals surface area (Å²) in [6.45, 7) is 12.4. The molecule has 0 saturated carbocycles. The Bertz CT molecular complexity index is 894. The van der Waals surface area contributed by atoms with Gasteiger partial charge >= 0.3 is 0 Å². The highest BCUT2D eigenvalue weighted by molar-refractivity contribution is 6.24. The number of amides is 3. The molecule has 0 radical (unpaired) electrons. The second-order valence-corrected chi connectivity index (χ2v) is 10.2. The Labute approximate surface area is 196 Å². The van der Waals surface area contributed by atoms with E-state index < -0.39 is 17.9 Å². The third-order valence-corrected chi connectivity index (χ3v) is 6.08. The van der Waals surface area contributed by atoms with Crippen molar-refractivity contribution in [3.63, 3.8) is 0 Å². The summed E-state index contributed by atoms with van der Waals surface area (Å²) in [6.07, 6.45) is 1.70. The predicted molar refractivity (Wildman–Crippen MR) is 127 cm³/mol. The highest BCUT2D eigenvalue weighted by Crippen LogP contribution is 2.32. The summed E-state index contributed by atoms with van der Waals surface area (Å²) in [5, 5.41) is 5.78. The molecule has 1 heterocycles. The van der Waals surface area contributed by atoms with Crippen LogP contribution in [0.3, 0.4) is 0 Å². The second kappa shape index (κ2) is 10.9. The van der Waals surface area contributed by atoms with E-state index >= 15 is 0 Å². The van der Waals surface area contributed by atoms with E-state index in [1.165, 1.54) is 7.05 Å². The number of fused-ring (bicyclic) bond motifs is 1. The molecule has 0 spiro atoms. The van der Waals surface area contributed by atoms with Crippen LogP contribution in [0, 0.1) is 10.8 Å². The first-order chi connectivity index (χ1) is 15.5. The van der Waals surface area contributed by atoms with Crippen molar-refractivity contribution in [2.75, 3.05) is 32.1 Å². The summed E-state index contributed by atoms with van der Waals surface area (Å²) >= 11 is 0. The van der Waals surface area contributed by atoms with Gasteiger partial charge in [-0.2, -0.15) is 0 Å². The van der Waals surface area contributed by atoms with E-state index in [9.17, 15) is 19.2 Å². The monoisotopic (exact) mass is 459 g/mol. The van der Waals surface area contributed by atoms with Gasteiger partial charge in [0.1, 0.15) is 6.29 Å². The topological polar surface area (TPSA) is 105 Å². The van der Waals surface area contributed by atoms with Crippen molar-refractivity contribution in [1.82, 2.24) is 10.2 Å². The number of benzene rings is 1. The summed E-state index contributed by atoms with van der Waals surface area (Å²) in [6, 6.07) is 4.06. The molecule has 2 rings (SSSR count). The minimum absolute atomic E-state index is 0.0431. The maximum absolute atomic E-state index is 13.2. The number of rotatable bonds is 13. The lowest BCUT2D eigenvalue weighted by atomic mass is 9.91. The number of aldehydes is 1. The number of carbonyl (C=O) groups is 4. The normalized spacial score (nSPS) is 14.8. The van der Waals surface area contributed by atoms with Gasteiger partial charge in [0.05, 0.1) is 30.4 Å². The van der Waals surface area contributed by atoms with Crippen LogP contribution in [0.2, 0.25) is 0 Å². The lowest BCUT2D eigenvalue weighted by Crippen LogP contribution is -2.41. The van der Waals surface area contributed by atoms with Crippen LogP contribution in [0.1, 0.15) is 74.6 Å². The molecule has 33 heavy (non-hydrogen) atoms. The highest BCUT2D eigenvalue weighted by atomic mass is 16.5. The van der Waals surface area contributed by atoms with Crippen LogP contribution in [-0.2, 0) is 14.3 Å². The molecular formula is C25H37N3O5. The first-order valence-electron chi connectivity index (χ1n) is 11.4. The highest BCUT2D eigenvalue weighted by Gasteiger charge is 2.41. The quantitative estimate of drug-likeness (QED) is 0.347. The number of ether oxygens (including phenoxy) is 1. The Kier molecular flexibility index (Phi) is 8.77. The first kappa shape index (κ1) is 26.5. The average molecular weight is 460 g/mol. The van der Waals surface area contributed by atoms with Crippen LogP contribution in [0.5, 0.6) is 0 Å². The van der Waals surface area contributed by atoms with E-state index in [1.807, 2.05) is 0 Å². The maximum Gasteiger partial charge on any atom is 0.264 e. The molecule has 3 amide bonds. The number of anilines is 1. The molecule has 1 aromatic rings. The Morgan fingerprint density at radius 2 is 1.79 bits per heavy atom. The first-order valence-corrected chi connectivity index (χ1v) is 11.4. The molecule has 0 saturated heterocycles. The van der Waals surface area contributed by atoms with Crippen LogP contribution in [0.15, 0.2) is 18.2 Å². The molecule has 2 N–H and O–H groups in total. The standard InChI is InChI=1S/C25H37N3O5/c1-7-24(2,3)15-33-16-25(4,5)14-27-19-10-8-9-18-21(19)23(32)28(22(18)31)17(13-29)11-12-20(30)26-6/h8-10,13,17,27H,7,11-12,14-16H2,1-6H3,(H,26,30). The van der Waals surface area contributed by atoms with Gasteiger partial charge in [-0.25, -0.2) is 0 Å². The number of imide groups is 1. The fourth-order valence-electron chi connectivity index (χ4n) is 3.51. The Morgan fingerprint density at radius 1 is 1.12 bits per heavy atom. The minimum atomic E-state index is -0.991. The van der Waals surface area contributed by atoms with E-state index in [0.717, 1.165) is 11.3 Å². The summed E-state index contributed by atoms with van der Waals surface area (Å²) < 4.78 is 5.95. The lowest BCUT2D eigenvalue weighted by molar-refractivity contribution is -0.121. The average Bonchev–Trinajstić information content (AvgIpc) is 3.03. The largest absolute Gasteiger partial charge is 0.384 e. The number of nitrogens with zero attached hydrogens (tertiary/aromatic N) is 1. The SMILES string of the molecule is CCC(C)(C)COCC(C)(C)CNc1cccc2c1C(=O)N(C(C=O)CCC(=O)NC)C2=O. The molecule has 1 unspecified atom stereocenters. The molecule has 0 fully saturated rings. The molecule has 1 atom stereocenters. The molecule has 0 aliphatic carbocycles. The minimum Gasteiger partial charge on any atom is -0.384 e. The number of hydrogen-bond donors (Lipinski definition) is 2. The number of nitrogens with one attached hydrogen (secondary N) is 2. The molecule has 8 heteroatoms. The van der Waals surface area contributed by atoms with Gasteiger partial charge in [0.2, 0.25) is 5.91 Å². The summed E-state index contributed by atoms with van der Waals surface area (Å²) in [5.74, 6) is -1.30. The zero-order valence-electron chi connectivity index (χ0n) is 20.6. The zero-order valence-corrected chi connectivity index (χ0v) is 20.6. The zero-order chi connectivity index (χ0) is 24.8. The van der Waals surface area contributed by atoms with Gasteiger partial charge in [0, 0.05) is 31.1 Å². The van der Waals surface area contributed by atoms with Crippen LogP contribution >= 0.6 is 0 Å². The van der Waals surface area contributed by atoms with Crippen LogP contribution in [-0.4, -0.2) is 61.8 Å². The molecule has 0 bridgehead atoms. The van der Waals surface area contributed by atoms with Gasteiger partial charge in [0.25, 0.3) is 11.8 Å². The Hall–Kier alpha value is -2.74. The van der Waals surface area contributed by atoms with Crippen LogP contribution in [0.25, 0.3) is 0 Å². The molecule has 1 aliphatic heterocycles. The van der Waals surface area contributed by atoms with Gasteiger partial charge < -0.3 is 20.2 Å². The van der Waals surface area contributed by atoms with Crippen molar-refractivity contribution in [3.8, 4) is 0 Å². The van der Waals surface area contributed by atoms with Crippen molar-refractivity contribution in [2.24, 2.45) is 10.8 Å². The van der Waals surface area contributed by atoms with Crippen molar-refractivity contribution >= 4 is 29.7 Å². The molecular weight excluding hydrogens is 422 g/mol. The fraction of sp³-hybridized carbons (Fsp3) is 0.600. The van der Waals surface area contributed by atoms with Gasteiger partial charge in [-0.05, 0) is 30.4 Å². The van der Waals surface area contributed by atoms with E-state index in [2.05, 4.69) is 45.3 Å². The smallest absolute Gasteiger partial charge is 0.264 e. The van der Waals surface area contributed by atoms with Gasteiger partial charge in [0.15, 0.2) is 0 Å². The third-order valence-electron chi connectivity index (χ3n) is 6.08. The Balaban J connectivity index is 2.11. The van der Waals surface area contributed by atoms with Crippen molar-refractivity contribution in [3.05, 3.63) is 29.3 Å². The van der Waals surface area contributed by atoms with Crippen molar-refractivity contribution in [2.45, 2.75) is 59.9 Å². The van der Waals surface area contributed by atoms with E-state index in [1.54, 1.807) is 18.2 Å². The second-order valence-electron chi connectivity index (χ2n) is 10.2. The number of carbonyl (C=O) groups excluding carboxylic acids is 4. The third kappa shape index (κ3) is 6.63. The van der Waals surface area contributed by atoms with Gasteiger partial charge in [-0.1, -0.05) is 40.7 Å². The lowest BCUT2D eigenvalue weighted by Gasteiger charge is -2.29. The van der Waals surface area contributed by atoms with Crippen LogP contribution in [0.4, 0.5) is 5.69 Å². The molecule has 1 aliphatic rings. The number of hydrogen-bond acceptors (Lipinski definition) is 6. The van der Waals surface area contributed by atoms with E-state index in [4.69, 9.17) is 4.74 Å². The Morgan fingerprint density at radius 3 is 2.39 bits per heavy atom. The van der Waals surface area contributed by atoms with Gasteiger partial charge in [-0.3, -0.25) is 19.3 Å². The van der Waals surface area contributed by atoms with Crippen molar-refractivity contribution < 1.29 is 23.9 Å². The fourth-order valence-corrected chi connectivity index (χ4v) is 3.51. The molecule has 8 nitrogen and oxygen atoms in total. The molecule has 182 valence electrons. The molecule has 1 aromatic carbocycles. The molecule has 0 aromatic heterocycles. The van der Waals surface area contributed by atoms with Crippen molar-refractivity contribution in [1.29, 1.82) is 0 Å². The van der Waals surface area contributed by atoms with E-state index in [0.29, 0.717) is 31.7 Å². The predicted octanol–water partition coefficient (Wildman–Crippen LogP) is 3.27. The van der Waals surface area contributed by atoms with E-state index in [-0.39, 0.29) is 40.7 Å². The maximum atomic E-state index is 13.2. The van der Waals surface area contributed by atoms with Gasteiger partial charge in [-0.15, -0.1) is 0 Å². The van der Waals surface area contributed by atoms with Crippen LogP contribution < -0.4 is 10.6 Å². The summed E-state index contributed by atoms with van der Waals surface area (Å²) in [5.41, 5.74) is 0.976. The summed E-state index contributed by atoms with van der Waals surface area (Å²) in [4.78, 5) is 50.3. The summed E-state index contributed by atoms with van der Waals surface area (Å²) in [7, 11) is 1.50.